The molecule has 2 rings (SSSR count). The number of amides is 1. The third kappa shape index (κ3) is 12.0. The van der Waals surface area contributed by atoms with Crippen molar-refractivity contribution in [1.29, 1.82) is 0 Å². The highest BCUT2D eigenvalue weighted by molar-refractivity contribution is 9.10. The average molecular weight is 686 g/mol. The lowest BCUT2D eigenvalue weighted by Gasteiger charge is -2.29. The molecule has 234 valence electrons. The van der Waals surface area contributed by atoms with E-state index in [0.29, 0.717) is 30.7 Å². The summed E-state index contributed by atoms with van der Waals surface area (Å²) in [6.45, 7) is 4.03. The minimum Gasteiger partial charge on any atom is -0.497 e. The number of rotatable bonds is 21. The molecule has 3 atom stereocenters. The standard InChI is InChI=1S/C32H46BrClN2O5S/c1-4-5-6-7-8-9-10-11-15-18-29(24-19-25(2)34)42(39,40)36-32(33,31(38)35-27-16-13-12-14-17-27)30(37)26-20-22-28(41-3)23-21-26/h12-14,16-17,20-23,25,29,36H,4-11,15,18-19,24H2,1-3H3,(H,35,38). The van der Waals surface area contributed by atoms with E-state index in [4.69, 9.17) is 16.3 Å². The number of halogens is 2. The first-order valence-corrected chi connectivity index (χ1v) is 17.7. The number of ketones is 1. The summed E-state index contributed by atoms with van der Waals surface area (Å²) in [4.78, 5) is 27.4. The van der Waals surface area contributed by atoms with Gasteiger partial charge in [0.1, 0.15) is 5.75 Å². The number of benzene rings is 2. The molecule has 7 nitrogen and oxygen atoms in total. The van der Waals surface area contributed by atoms with Crippen LogP contribution in [0.1, 0.15) is 101 Å². The zero-order chi connectivity index (χ0) is 31.0. The van der Waals surface area contributed by atoms with E-state index in [0.717, 1.165) is 25.7 Å². The molecule has 0 aliphatic rings. The Morgan fingerprint density at radius 3 is 2.00 bits per heavy atom. The molecule has 0 fully saturated rings. The maximum Gasteiger partial charge on any atom is 0.264 e. The van der Waals surface area contributed by atoms with Gasteiger partial charge < -0.3 is 10.1 Å². The van der Waals surface area contributed by atoms with Gasteiger partial charge >= 0.3 is 0 Å². The Kier molecular flexibility index (Phi) is 16.1. The number of hydrogen-bond acceptors (Lipinski definition) is 5. The molecule has 0 saturated carbocycles. The number of ether oxygens (including phenoxy) is 1. The van der Waals surface area contributed by atoms with Gasteiger partial charge in [-0.2, -0.15) is 4.72 Å². The van der Waals surface area contributed by atoms with Crippen LogP contribution < -0.4 is 14.8 Å². The number of carbonyl (C=O) groups excluding carboxylic acids is 2. The fourth-order valence-corrected chi connectivity index (χ4v) is 7.51. The second-order valence-electron chi connectivity index (χ2n) is 10.8. The quantitative estimate of drug-likeness (QED) is 0.0453. The Bertz CT molecular complexity index is 1200. The zero-order valence-electron chi connectivity index (χ0n) is 25.0. The number of sulfonamides is 1. The van der Waals surface area contributed by atoms with Gasteiger partial charge in [0.2, 0.25) is 20.3 Å². The van der Waals surface area contributed by atoms with Crippen LogP contribution in [-0.4, -0.2) is 42.3 Å². The van der Waals surface area contributed by atoms with Crippen molar-refractivity contribution in [2.75, 3.05) is 12.4 Å². The molecule has 2 aromatic rings. The summed E-state index contributed by atoms with van der Waals surface area (Å²) in [6.07, 6.45) is 11.3. The van der Waals surface area contributed by atoms with Gasteiger partial charge in [-0.3, -0.25) is 9.59 Å². The van der Waals surface area contributed by atoms with Crippen molar-refractivity contribution in [2.24, 2.45) is 0 Å². The Morgan fingerprint density at radius 2 is 1.45 bits per heavy atom. The van der Waals surface area contributed by atoms with E-state index < -0.39 is 31.4 Å². The molecule has 0 aromatic heterocycles. The molecular formula is C32H46BrClN2O5S. The zero-order valence-corrected chi connectivity index (χ0v) is 28.2. The van der Waals surface area contributed by atoms with Crippen LogP contribution >= 0.6 is 27.5 Å². The Hall–Kier alpha value is -1.94. The molecule has 0 bridgehead atoms. The van der Waals surface area contributed by atoms with E-state index in [1.165, 1.54) is 51.3 Å². The van der Waals surface area contributed by atoms with Crippen molar-refractivity contribution in [2.45, 2.75) is 106 Å². The Labute approximate surface area is 265 Å². The maximum atomic E-state index is 13.9. The minimum atomic E-state index is -4.15. The van der Waals surface area contributed by atoms with Gasteiger partial charge in [-0.1, -0.05) is 82.9 Å². The van der Waals surface area contributed by atoms with E-state index >= 15 is 0 Å². The number of para-hydroxylation sites is 1. The van der Waals surface area contributed by atoms with Crippen molar-refractivity contribution >= 4 is 54.9 Å². The van der Waals surface area contributed by atoms with Crippen LogP contribution in [0.2, 0.25) is 0 Å². The molecule has 0 heterocycles. The number of anilines is 1. The molecule has 1 amide bonds. The lowest BCUT2D eigenvalue weighted by atomic mass is 10.0. The third-order valence-corrected chi connectivity index (χ3v) is 10.6. The molecule has 0 aliphatic carbocycles. The van der Waals surface area contributed by atoms with Gasteiger partial charge in [0.25, 0.3) is 5.91 Å². The molecule has 2 aromatic carbocycles. The minimum absolute atomic E-state index is 0.142. The molecule has 0 aliphatic heterocycles. The topological polar surface area (TPSA) is 102 Å². The normalized spacial score (nSPS) is 14.5. The molecular weight excluding hydrogens is 640 g/mol. The number of carbonyl (C=O) groups is 2. The van der Waals surface area contributed by atoms with Crippen LogP contribution in [0.15, 0.2) is 54.6 Å². The number of methoxy groups -OCH3 is 1. The first-order chi connectivity index (χ1) is 20.0. The van der Waals surface area contributed by atoms with Gasteiger partial charge in [-0.25, -0.2) is 8.42 Å². The first kappa shape index (κ1) is 36.3. The summed E-state index contributed by atoms with van der Waals surface area (Å²) in [6, 6.07) is 14.7. The number of alkyl halides is 2. The predicted molar refractivity (Wildman–Crippen MR) is 176 cm³/mol. The molecule has 2 N–H and O–H groups in total. The predicted octanol–water partition coefficient (Wildman–Crippen LogP) is 8.22. The van der Waals surface area contributed by atoms with Crippen LogP contribution in [0.5, 0.6) is 5.75 Å². The molecule has 0 saturated heterocycles. The smallest absolute Gasteiger partial charge is 0.264 e. The van der Waals surface area contributed by atoms with Gasteiger partial charge in [-0.05, 0) is 78.5 Å². The largest absolute Gasteiger partial charge is 0.497 e. The fraction of sp³-hybridized carbons (Fsp3) is 0.562. The maximum absolute atomic E-state index is 13.9. The highest BCUT2D eigenvalue weighted by Crippen LogP contribution is 2.29. The highest BCUT2D eigenvalue weighted by atomic mass is 79.9. The molecule has 42 heavy (non-hydrogen) atoms. The van der Waals surface area contributed by atoms with Crippen LogP contribution in [0, 0.1) is 0 Å². The third-order valence-electron chi connectivity index (χ3n) is 7.25. The van der Waals surface area contributed by atoms with E-state index in [9.17, 15) is 18.0 Å². The number of nitrogens with one attached hydrogen (secondary N) is 2. The van der Waals surface area contributed by atoms with Gasteiger partial charge in [0, 0.05) is 16.6 Å². The lowest BCUT2D eigenvalue weighted by Crippen LogP contribution is -2.59. The summed E-state index contributed by atoms with van der Waals surface area (Å²) < 4.78 is 33.1. The number of unbranched alkanes of at least 4 members (excludes halogenated alkanes) is 8. The van der Waals surface area contributed by atoms with Crippen molar-refractivity contribution in [1.82, 2.24) is 4.72 Å². The van der Waals surface area contributed by atoms with Gasteiger partial charge in [0.05, 0.1) is 12.4 Å². The molecule has 0 radical (unpaired) electrons. The first-order valence-electron chi connectivity index (χ1n) is 14.9. The highest BCUT2D eigenvalue weighted by Gasteiger charge is 2.48. The van der Waals surface area contributed by atoms with E-state index in [2.05, 4.69) is 32.9 Å². The average Bonchev–Trinajstić information content (AvgIpc) is 2.97. The Morgan fingerprint density at radius 1 is 0.881 bits per heavy atom. The summed E-state index contributed by atoms with van der Waals surface area (Å²) in [5.74, 6) is -1.06. The van der Waals surface area contributed by atoms with Gasteiger partial charge in [0.15, 0.2) is 0 Å². The second kappa shape index (κ2) is 18.7. The Balaban J connectivity index is 2.24. The van der Waals surface area contributed by atoms with Crippen LogP contribution in [0.4, 0.5) is 5.69 Å². The molecule has 10 heteroatoms. The number of hydrogen-bond donors (Lipinski definition) is 2. The summed E-state index contributed by atoms with van der Waals surface area (Å²) >= 11 is 9.45. The van der Waals surface area contributed by atoms with Crippen molar-refractivity contribution < 1.29 is 22.7 Å². The van der Waals surface area contributed by atoms with Crippen molar-refractivity contribution in [3.05, 3.63) is 60.2 Å². The summed E-state index contributed by atoms with van der Waals surface area (Å²) in [5, 5.41) is 1.65. The molecule has 3 unspecified atom stereocenters. The van der Waals surface area contributed by atoms with E-state index in [1.54, 1.807) is 42.5 Å². The molecule has 0 spiro atoms. The van der Waals surface area contributed by atoms with E-state index in [-0.39, 0.29) is 10.9 Å². The van der Waals surface area contributed by atoms with Gasteiger partial charge in [-0.15, -0.1) is 11.6 Å². The van der Waals surface area contributed by atoms with Crippen molar-refractivity contribution in [3.8, 4) is 5.75 Å². The van der Waals surface area contributed by atoms with Crippen LogP contribution in [0.25, 0.3) is 0 Å². The van der Waals surface area contributed by atoms with Crippen LogP contribution in [0.3, 0.4) is 0 Å². The lowest BCUT2D eigenvalue weighted by molar-refractivity contribution is -0.117. The summed E-state index contributed by atoms with van der Waals surface area (Å²) in [7, 11) is -2.65. The monoisotopic (exact) mass is 684 g/mol. The second-order valence-corrected chi connectivity index (χ2v) is 14.7. The van der Waals surface area contributed by atoms with Crippen molar-refractivity contribution in [3.63, 3.8) is 0 Å². The fourth-order valence-electron chi connectivity index (χ4n) is 4.71. The number of Topliss-reactive ketones (excluding diaryl/α,β-unsaturated/α-hetero) is 1. The van der Waals surface area contributed by atoms with Crippen LogP contribution in [-0.2, 0) is 14.8 Å². The SMILES string of the molecule is CCCCCCCCCCCC(CCC(C)Cl)S(=O)(=O)NC(Br)(C(=O)Nc1ccccc1)C(=O)c1ccc(OC)cc1. The van der Waals surface area contributed by atoms with E-state index in [1.807, 2.05) is 6.92 Å². The summed E-state index contributed by atoms with van der Waals surface area (Å²) in [5.41, 5.74) is 0.568.